The molecule has 4 aromatic rings. The third kappa shape index (κ3) is 2.53. The van der Waals surface area contributed by atoms with Crippen LogP contribution in [0.1, 0.15) is 5.56 Å². The van der Waals surface area contributed by atoms with E-state index in [0.717, 1.165) is 27.8 Å². The lowest BCUT2D eigenvalue weighted by atomic mass is 10.1. The number of H-pyrrole nitrogens is 1. The molecular weight excluding hydrogens is 290 g/mol. The van der Waals surface area contributed by atoms with Crippen LogP contribution in [0.15, 0.2) is 65.4 Å². The van der Waals surface area contributed by atoms with Crippen molar-refractivity contribution in [1.82, 2.24) is 9.97 Å². The Kier molecular flexibility index (Phi) is 3.24. The summed E-state index contributed by atoms with van der Waals surface area (Å²) in [6.07, 6.45) is 3.43. The molecule has 0 saturated heterocycles. The van der Waals surface area contributed by atoms with Crippen molar-refractivity contribution in [2.45, 2.75) is 6.61 Å². The normalized spacial score (nSPS) is 11.0. The third-order valence-corrected chi connectivity index (χ3v) is 3.70. The highest BCUT2D eigenvalue weighted by molar-refractivity contribution is 5.99. The zero-order chi connectivity index (χ0) is 15.6. The number of aromatic amines is 1. The van der Waals surface area contributed by atoms with E-state index < -0.39 is 0 Å². The number of fused-ring (bicyclic) bond motifs is 1. The van der Waals surface area contributed by atoms with E-state index >= 15 is 0 Å². The van der Waals surface area contributed by atoms with Crippen molar-refractivity contribution in [3.63, 3.8) is 0 Å². The number of nitrogens with zero attached hydrogens (tertiary/aromatic N) is 1. The number of nitrogens with one attached hydrogen (secondary N) is 1. The molecule has 0 aliphatic rings. The summed E-state index contributed by atoms with van der Waals surface area (Å²) in [5.74, 6) is 0.796. The fourth-order valence-corrected chi connectivity index (χ4v) is 2.62. The average molecular weight is 305 g/mol. The third-order valence-electron chi connectivity index (χ3n) is 3.70. The van der Waals surface area contributed by atoms with Gasteiger partial charge in [0, 0.05) is 17.3 Å². The van der Waals surface area contributed by atoms with Crippen molar-refractivity contribution >= 4 is 16.9 Å². The second-order valence-corrected chi connectivity index (χ2v) is 5.23. The number of hydrogen-bond donors (Lipinski definition) is 2. The number of rotatable bonds is 4. The van der Waals surface area contributed by atoms with Crippen LogP contribution in [-0.2, 0) is 6.61 Å². The molecule has 5 nitrogen and oxygen atoms in total. The minimum atomic E-state index is 0.150. The minimum Gasteiger partial charge on any atom is -0.488 e. The summed E-state index contributed by atoms with van der Waals surface area (Å²) in [6.45, 7) is 0.505. The summed E-state index contributed by atoms with van der Waals surface area (Å²) < 4.78 is 11.1. The smallest absolute Gasteiger partial charge is 0.292 e. The van der Waals surface area contributed by atoms with Crippen molar-refractivity contribution in [3.8, 4) is 17.0 Å². The second-order valence-electron chi connectivity index (χ2n) is 5.23. The van der Waals surface area contributed by atoms with Crippen molar-refractivity contribution in [2.75, 3.05) is 5.73 Å². The average Bonchev–Trinajstić information content (AvgIpc) is 3.20. The summed E-state index contributed by atoms with van der Waals surface area (Å²) in [5, 5.41) is 0.969. The highest BCUT2D eigenvalue weighted by Gasteiger charge is 2.14. The standard InChI is InChI=1S/C18H15N3O2/c19-18-21-15(11-23-18)13-9-20-14-7-4-8-16(17(13)14)22-10-12-5-2-1-3-6-12/h1-9,11,20H,10H2,(H2,19,21). The molecule has 0 aliphatic carbocycles. The van der Waals surface area contributed by atoms with Crippen LogP contribution in [0.5, 0.6) is 5.75 Å². The molecule has 0 saturated carbocycles. The van der Waals surface area contributed by atoms with E-state index in [1.54, 1.807) is 6.26 Å². The van der Waals surface area contributed by atoms with Gasteiger partial charge >= 0.3 is 0 Å². The number of anilines is 1. The number of nitrogen functional groups attached to an aromatic ring is 1. The zero-order valence-electron chi connectivity index (χ0n) is 12.3. The summed E-state index contributed by atoms with van der Waals surface area (Å²) in [7, 11) is 0. The van der Waals surface area contributed by atoms with Gasteiger partial charge in [0.1, 0.15) is 24.3 Å². The van der Waals surface area contributed by atoms with Gasteiger partial charge in [-0.2, -0.15) is 4.98 Å². The van der Waals surface area contributed by atoms with Crippen molar-refractivity contribution in [3.05, 3.63) is 66.6 Å². The largest absolute Gasteiger partial charge is 0.488 e. The van der Waals surface area contributed by atoms with Gasteiger partial charge in [0.2, 0.25) is 0 Å². The molecule has 0 amide bonds. The molecule has 0 atom stereocenters. The lowest BCUT2D eigenvalue weighted by Crippen LogP contribution is -1.95. The molecule has 0 fully saturated rings. The summed E-state index contributed by atoms with van der Waals surface area (Å²) in [6, 6.07) is 16.1. The van der Waals surface area contributed by atoms with Crippen LogP contribution in [0.4, 0.5) is 6.01 Å². The molecule has 2 aromatic heterocycles. The first-order valence-corrected chi connectivity index (χ1v) is 7.29. The van der Waals surface area contributed by atoms with E-state index in [-0.39, 0.29) is 6.01 Å². The van der Waals surface area contributed by atoms with Crippen LogP contribution in [0.25, 0.3) is 22.2 Å². The number of nitrogens with two attached hydrogens (primary N) is 1. The quantitative estimate of drug-likeness (QED) is 0.598. The van der Waals surface area contributed by atoms with E-state index in [1.165, 1.54) is 0 Å². The fourth-order valence-electron chi connectivity index (χ4n) is 2.62. The van der Waals surface area contributed by atoms with Crippen LogP contribution in [-0.4, -0.2) is 9.97 Å². The summed E-state index contributed by atoms with van der Waals surface area (Å²) in [4.78, 5) is 7.43. The van der Waals surface area contributed by atoms with E-state index in [1.807, 2.05) is 54.7 Å². The maximum Gasteiger partial charge on any atom is 0.292 e. The number of aromatic nitrogens is 2. The van der Waals surface area contributed by atoms with E-state index in [2.05, 4.69) is 9.97 Å². The van der Waals surface area contributed by atoms with Gasteiger partial charge < -0.3 is 19.9 Å². The lowest BCUT2D eigenvalue weighted by Gasteiger charge is -2.08. The molecular formula is C18H15N3O2. The van der Waals surface area contributed by atoms with E-state index in [0.29, 0.717) is 12.3 Å². The first-order chi connectivity index (χ1) is 11.3. The van der Waals surface area contributed by atoms with E-state index in [9.17, 15) is 0 Å². The Morgan fingerprint density at radius 2 is 1.96 bits per heavy atom. The van der Waals surface area contributed by atoms with Gasteiger partial charge in [-0.3, -0.25) is 0 Å². The molecule has 0 unspecified atom stereocenters. The maximum absolute atomic E-state index is 6.02. The number of hydrogen-bond acceptors (Lipinski definition) is 4. The van der Waals surface area contributed by atoms with Crippen LogP contribution in [0.3, 0.4) is 0 Å². The minimum absolute atomic E-state index is 0.150. The van der Waals surface area contributed by atoms with Gasteiger partial charge in [-0.15, -0.1) is 0 Å². The highest BCUT2D eigenvalue weighted by Crippen LogP contribution is 2.35. The van der Waals surface area contributed by atoms with Crippen molar-refractivity contribution in [2.24, 2.45) is 0 Å². The molecule has 2 heterocycles. The Hall–Kier alpha value is -3.21. The fraction of sp³-hybridized carbons (Fsp3) is 0.0556. The van der Waals surface area contributed by atoms with Gasteiger partial charge in [-0.25, -0.2) is 0 Å². The number of benzene rings is 2. The zero-order valence-corrected chi connectivity index (χ0v) is 12.3. The second kappa shape index (κ2) is 5.53. The Morgan fingerprint density at radius 3 is 2.74 bits per heavy atom. The Balaban J connectivity index is 1.73. The molecule has 114 valence electrons. The molecule has 5 heteroatoms. The highest BCUT2D eigenvalue weighted by atomic mass is 16.5. The van der Waals surface area contributed by atoms with Crippen LogP contribution < -0.4 is 10.5 Å². The number of oxazole rings is 1. The summed E-state index contributed by atoms with van der Waals surface area (Å²) in [5.41, 5.74) is 9.27. The van der Waals surface area contributed by atoms with Gasteiger partial charge in [0.05, 0.1) is 5.39 Å². The van der Waals surface area contributed by atoms with Crippen LogP contribution >= 0.6 is 0 Å². The lowest BCUT2D eigenvalue weighted by molar-refractivity contribution is 0.310. The first-order valence-electron chi connectivity index (χ1n) is 7.29. The predicted octanol–water partition coefficient (Wildman–Crippen LogP) is 3.98. The molecule has 0 spiro atoms. The maximum atomic E-state index is 6.02. The van der Waals surface area contributed by atoms with E-state index in [4.69, 9.17) is 14.9 Å². The van der Waals surface area contributed by atoms with Gasteiger partial charge in [-0.1, -0.05) is 36.4 Å². The Labute approximate surface area is 132 Å². The monoisotopic (exact) mass is 305 g/mol. The Bertz CT molecular complexity index is 941. The molecule has 23 heavy (non-hydrogen) atoms. The molecule has 0 radical (unpaired) electrons. The Morgan fingerprint density at radius 1 is 1.09 bits per heavy atom. The molecule has 4 rings (SSSR count). The topological polar surface area (TPSA) is 77.1 Å². The van der Waals surface area contributed by atoms with Crippen LogP contribution in [0, 0.1) is 0 Å². The molecule has 3 N–H and O–H groups in total. The van der Waals surface area contributed by atoms with Gasteiger partial charge in [0.25, 0.3) is 6.01 Å². The SMILES string of the molecule is Nc1nc(-c2c[nH]c3cccc(OCc4ccccc4)c23)co1. The molecule has 2 aromatic carbocycles. The van der Waals surface area contributed by atoms with Crippen molar-refractivity contribution in [1.29, 1.82) is 0 Å². The molecule has 0 aliphatic heterocycles. The van der Waals surface area contributed by atoms with Crippen molar-refractivity contribution < 1.29 is 9.15 Å². The van der Waals surface area contributed by atoms with Crippen LogP contribution in [0.2, 0.25) is 0 Å². The van der Waals surface area contributed by atoms with Gasteiger partial charge in [-0.05, 0) is 17.7 Å². The predicted molar refractivity (Wildman–Crippen MR) is 89.0 cm³/mol. The molecule has 0 bridgehead atoms. The first kappa shape index (κ1) is 13.5. The summed E-state index contributed by atoms with van der Waals surface area (Å²) >= 11 is 0. The van der Waals surface area contributed by atoms with Gasteiger partial charge in [0.15, 0.2) is 0 Å². The number of ether oxygens (including phenoxy) is 1.